The van der Waals surface area contributed by atoms with Crippen LogP contribution in [-0.4, -0.2) is 60.6 Å². The highest BCUT2D eigenvalue weighted by Crippen LogP contribution is 2.33. The number of aromatic nitrogens is 1. The standard InChI is InChI=1S/C17H28N4/c1-14(2)21-8-4-5-16(21)15-6-7-17(18-13-15)20-11-9-19(3)10-12-20/h6-7,13-14,16H,4-5,8-12H2,1-3H3. The molecule has 1 aromatic rings. The Morgan fingerprint density at radius 3 is 2.48 bits per heavy atom. The number of nitrogens with zero attached hydrogens (tertiary/aromatic N) is 4. The molecule has 116 valence electrons. The van der Waals surface area contributed by atoms with E-state index in [1.54, 1.807) is 0 Å². The van der Waals surface area contributed by atoms with Gasteiger partial charge in [-0.2, -0.15) is 0 Å². The summed E-state index contributed by atoms with van der Waals surface area (Å²) >= 11 is 0. The predicted molar refractivity (Wildman–Crippen MR) is 87.8 cm³/mol. The Hall–Kier alpha value is -1.13. The SMILES string of the molecule is CC(C)N1CCCC1c1ccc(N2CCN(C)CC2)nc1. The molecule has 1 atom stereocenters. The Labute approximate surface area is 128 Å². The third-order valence-electron chi connectivity index (χ3n) is 4.94. The van der Waals surface area contributed by atoms with Gasteiger partial charge in [0.05, 0.1) is 0 Å². The van der Waals surface area contributed by atoms with Crippen molar-refractivity contribution in [3.05, 3.63) is 23.9 Å². The monoisotopic (exact) mass is 288 g/mol. The lowest BCUT2D eigenvalue weighted by Gasteiger charge is -2.33. The van der Waals surface area contributed by atoms with Crippen LogP contribution in [0.3, 0.4) is 0 Å². The van der Waals surface area contributed by atoms with Gasteiger partial charge in [-0.25, -0.2) is 4.98 Å². The van der Waals surface area contributed by atoms with Gasteiger partial charge in [0.2, 0.25) is 0 Å². The van der Waals surface area contributed by atoms with Crippen molar-refractivity contribution in [2.24, 2.45) is 0 Å². The Morgan fingerprint density at radius 1 is 1.10 bits per heavy atom. The van der Waals surface area contributed by atoms with Crippen LogP contribution in [-0.2, 0) is 0 Å². The zero-order valence-corrected chi connectivity index (χ0v) is 13.6. The summed E-state index contributed by atoms with van der Waals surface area (Å²) in [5.74, 6) is 1.14. The molecule has 1 aromatic heterocycles. The van der Waals surface area contributed by atoms with Crippen molar-refractivity contribution >= 4 is 5.82 Å². The van der Waals surface area contributed by atoms with Gasteiger partial charge in [0.25, 0.3) is 0 Å². The van der Waals surface area contributed by atoms with E-state index >= 15 is 0 Å². The van der Waals surface area contributed by atoms with Crippen molar-refractivity contribution in [1.29, 1.82) is 0 Å². The minimum absolute atomic E-state index is 0.569. The van der Waals surface area contributed by atoms with Gasteiger partial charge in [0.1, 0.15) is 5.82 Å². The fraction of sp³-hybridized carbons (Fsp3) is 0.706. The van der Waals surface area contributed by atoms with Crippen molar-refractivity contribution in [2.45, 2.75) is 38.8 Å². The van der Waals surface area contributed by atoms with Crippen molar-refractivity contribution in [2.75, 3.05) is 44.7 Å². The molecular weight excluding hydrogens is 260 g/mol. The van der Waals surface area contributed by atoms with Gasteiger partial charge in [-0.1, -0.05) is 6.07 Å². The van der Waals surface area contributed by atoms with E-state index in [4.69, 9.17) is 4.98 Å². The molecule has 0 N–H and O–H groups in total. The first-order chi connectivity index (χ1) is 10.1. The molecule has 0 saturated carbocycles. The van der Waals surface area contributed by atoms with Crippen molar-refractivity contribution in [3.63, 3.8) is 0 Å². The van der Waals surface area contributed by atoms with Gasteiger partial charge in [0.15, 0.2) is 0 Å². The second-order valence-electron chi connectivity index (χ2n) is 6.73. The van der Waals surface area contributed by atoms with E-state index in [0.29, 0.717) is 12.1 Å². The zero-order chi connectivity index (χ0) is 14.8. The Balaban J connectivity index is 1.69. The van der Waals surface area contributed by atoms with Crippen LogP contribution >= 0.6 is 0 Å². The smallest absolute Gasteiger partial charge is 0.128 e. The molecule has 3 rings (SSSR count). The van der Waals surface area contributed by atoms with E-state index in [1.807, 2.05) is 0 Å². The molecule has 3 heterocycles. The fourth-order valence-electron chi connectivity index (χ4n) is 3.58. The number of pyridine rings is 1. The quantitative estimate of drug-likeness (QED) is 0.851. The predicted octanol–water partition coefficient (Wildman–Crippen LogP) is 2.38. The molecule has 0 radical (unpaired) electrons. The van der Waals surface area contributed by atoms with Crippen molar-refractivity contribution in [1.82, 2.24) is 14.8 Å². The third-order valence-corrected chi connectivity index (χ3v) is 4.94. The molecule has 4 heteroatoms. The van der Waals surface area contributed by atoms with E-state index in [1.165, 1.54) is 24.9 Å². The van der Waals surface area contributed by atoms with Crippen LogP contribution in [0.4, 0.5) is 5.82 Å². The van der Waals surface area contributed by atoms with Gasteiger partial charge >= 0.3 is 0 Å². The lowest BCUT2D eigenvalue weighted by molar-refractivity contribution is 0.205. The summed E-state index contributed by atoms with van der Waals surface area (Å²) in [6, 6.07) is 5.71. The minimum atomic E-state index is 0.569. The molecule has 0 amide bonds. The Bertz CT molecular complexity index is 448. The van der Waals surface area contributed by atoms with Gasteiger partial charge < -0.3 is 9.80 Å². The molecule has 2 fully saturated rings. The largest absolute Gasteiger partial charge is 0.354 e. The molecule has 0 aliphatic carbocycles. The first kappa shape index (κ1) is 14.8. The first-order valence-electron chi connectivity index (χ1n) is 8.30. The van der Waals surface area contributed by atoms with Crippen LogP contribution < -0.4 is 4.90 Å². The lowest BCUT2D eigenvalue weighted by atomic mass is 10.1. The van der Waals surface area contributed by atoms with Gasteiger partial charge in [0, 0.05) is 44.5 Å². The van der Waals surface area contributed by atoms with Gasteiger partial charge in [-0.3, -0.25) is 4.90 Å². The second-order valence-corrected chi connectivity index (χ2v) is 6.73. The second kappa shape index (κ2) is 6.32. The molecule has 4 nitrogen and oxygen atoms in total. The maximum absolute atomic E-state index is 4.75. The maximum Gasteiger partial charge on any atom is 0.128 e. The number of rotatable bonds is 3. The molecule has 0 bridgehead atoms. The average Bonchev–Trinajstić information content (AvgIpc) is 2.98. The summed E-state index contributed by atoms with van der Waals surface area (Å²) in [7, 11) is 2.19. The number of piperazine rings is 1. The number of hydrogen-bond donors (Lipinski definition) is 0. The fourth-order valence-corrected chi connectivity index (χ4v) is 3.58. The number of anilines is 1. The normalized spacial score (nSPS) is 25.0. The molecule has 2 aliphatic rings. The zero-order valence-electron chi connectivity index (χ0n) is 13.6. The highest BCUT2D eigenvalue weighted by molar-refractivity contribution is 5.40. The van der Waals surface area contributed by atoms with E-state index < -0.39 is 0 Å². The van der Waals surface area contributed by atoms with E-state index in [9.17, 15) is 0 Å². The number of hydrogen-bond acceptors (Lipinski definition) is 4. The molecule has 2 saturated heterocycles. The molecule has 1 unspecified atom stereocenters. The van der Waals surface area contributed by atoms with Crippen LogP contribution in [0.1, 0.15) is 38.3 Å². The van der Waals surface area contributed by atoms with E-state index in [2.05, 4.69) is 53.9 Å². The summed E-state index contributed by atoms with van der Waals surface area (Å²) in [6.07, 6.45) is 4.69. The van der Waals surface area contributed by atoms with Crippen molar-refractivity contribution in [3.8, 4) is 0 Å². The summed E-state index contributed by atoms with van der Waals surface area (Å²) in [5.41, 5.74) is 1.39. The molecule has 0 aromatic carbocycles. The van der Waals surface area contributed by atoms with Crippen molar-refractivity contribution < 1.29 is 0 Å². The third kappa shape index (κ3) is 3.22. The van der Waals surface area contributed by atoms with E-state index in [-0.39, 0.29) is 0 Å². The highest BCUT2D eigenvalue weighted by Gasteiger charge is 2.28. The molecule has 21 heavy (non-hydrogen) atoms. The minimum Gasteiger partial charge on any atom is -0.354 e. The average molecular weight is 288 g/mol. The van der Waals surface area contributed by atoms with Crippen LogP contribution in [0.25, 0.3) is 0 Å². The molecular formula is C17H28N4. The molecule has 2 aliphatic heterocycles. The summed E-state index contributed by atoms with van der Waals surface area (Å²) in [6.45, 7) is 10.3. The van der Waals surface area contributed by atoms with Crippen LogP contribution in [0.2, 0.25) is 0 Å². The summed E-state index contributed by atoms with van der Waals surface area (Å²) in [4.78, 5) is 12.1. The van der Waals surface area contributed by atoms with Gasteiger partial charge in [-0.15, -0.1) is 0 Å². The molecule has 0 spiro atoms. The van der Waals surface area contributed by atoms with E-state index in [0.717, 1.165) is 32.0 Å². The lowest BCUT2D eigenvalue weighted by Crippen LogP contribution is -2.44. The summed E-state index contributed by atoms with van der Waals surface area (Å²) < 4.78 is 0. The Kier molecular flexibility index (Phi) is 4.45. The van der Waals surface area contributed by atoms with Gasteiger partial charge in [-0.05, 0) is 51.9 Å². The van der Waals surface area contributed by atoms with Crippen LogP contribution in [0.15, 0.2) is 18.3 Å². The van der Waals surface area contributed by atoms with Crippen LogP contribution in [0, 0.1) is 0 Å². The number of likely N-dealkylation sites (tertiary alicyclic amines) is 1. The Morgan fingerprint density at radius 2 is 1.86 bits per heavy atom. The summed E-state index contributed by atoms with van der Waals surface area (Å²) in [5, 5.41) is 0. The van der Waals surface area contributed by atoms with Crippen LogP contribution in [0.5, 0.6) is 0 Å². The topological polar surface area (TPSA) is 22.6 Å². The first-order valence-corrected chi connectivity index (χ1v) is 8.30. The highest BCUT2D eigenvalue weighted by atomic mass is 15.3. The maximum atomic E-state index is 4.75. The number of likely N-dealkylation sites (N-methyl/N-ethyl adjacent to an activating group) is 1.